The zero-order valence-corrected chi connectivity index (χ0v) is 12.9. The molecule has 2 aromatic carbocycles. The fourth-order valence-corrected chi connectivity index (χ4v) is 3.42. The molecule has 0 spiro atoms. The van der Waals surface area contributed by atoms with Gasteiger partial charge in [0.1, 0.15) is 10.0 Å². The Bertz CT molecular complexity index is 712. The molecule has 100 valence electrons. The van der Waals surface area contributed by atoms with Gasteiger partial charge in [-0.15, -0.1) is 10.2 Å². The van der Waals surface area contributed by atoms with E-state index in [4.69, 9.17) is 5.73 Å². The van der Waals surface area contributed by atoms with Crippen molar-refractivity contribution in [2.45, 2.75) is 6.04 Å². The fourth-order valence-electron chi connectivity index (χ4n) is 1.91. The van der Waals surface area contributed by atoms with E-state index in [1.165, 1.54) is 11.3 Å². The third kappa shape index (κ3) is 2.65. The molecule has 0 aliphatic rings. The normalized spacial score (nSPS) is 12.3. The van der Waals surface area contributed by atoms with E-state index in [1.54, 1.807) is 0 Å². The van der Waals surface area contributed by atoms with Crippen molar-refractivity contribution in [2.24, 2.45) is 5.73 Å². The Labute approximate surface area is 129 Å². The van der Waals surface area contributed by atoms with Gasteiger partial charge in [-0.25, -0.2) is 0 Å². The summed E-state index contributed by atoms with van der Waals surface area (Å²) < 4.78 is 1.01. The third-order valence-corrected chi connectivity index (χ3v) is 4.70. The Kier molecular flexibility index (Phi) is 3.91. The van der Waals surface area contributed by atoms with E-state index in [0.717, 1.165) is 25.6 Å². The van der Waals surface area contributed by atoms with Crippen LogP contribution in [-0.2, 0) is 0 Å². The molecule has 0 radical (unpaired) electrons. The number of nitrogens with zero attached hydrogens (tertiary/aromatic N) is 2. The summed E-state index contributed by atoms with van der Waals surface area (Å²) in [5.41, 5.74) is 8.32. The summed E-state index contributed by atoms with van der Waals surface area (Å²) in [4.78, 5) is 0. The lowest BCUT2D eigenvalue weighted by Crippen LogP contribution is -2.11. The second-order valence-electron chi connectivity index (χ2n) is 4.31. The summed E-state index contributed by atoms with van der Waals surface area (Å²) in [5.74, 6) is 0. The van der Waals surface area contributed by atoms with Crippen LogP contribution in [-0.4, -0.2) is 10.2 Å². The van der Waals surface area contributed by atoms with Gasteiger partial charge in [0.25, 0.3) is 0 Å². The lowest BCUT2D eigenvalue weighted by atomic mass is 10.1. The predicted molar refractivity (Wildman–Crippen MR) is 85.5 cm³/mol. The minimum absolute atomic E-state index is 0.232. The third-order valence-electron chi connectivity index (χ3n) is 2.97. The Morgan fingerprint density at radius 2 is 1.65 bits per heavy atom. The molecule has 0 saturated carbocycles. The quantitative estimate of drug-likeness (QED) is 0.779. The molecule has 1 unspecified atom stereocenters. The maximum Gasteiger partial charge on any atom is 0.149 e. The zero-order chi connectivity index (χ0) is 13.9. The van der Waals surface area contributed by atoms with E-state index >= 15 is 0 Å². The highest BCUT2D eigenvalue weighted by molar-refractivity contribution is 9.10. The monoisotopic (exact) mass is 345 g/mol. The van der Waals surface area contributed by atoms with Crippen molar-refractivity contribution in [1.29, 1.82) is 0 Å². The number of aromatic nitrogens is 2. The van der Waals surface area contributed by atoms with Crippen LogP contribution >= 0.6 is 27.3 Å². The van der Waals surface area contributed by atoms with Gasteiger partial charge in [0.15, 0.2) is 0 Å². The first kappa shape index (κ1) is 13.4. The smallest absolute Gasteiger partial charge is 0.149 e. The van der Waals surface area contributed by atoms with Crippen molar-refractivity contribution < 1.29 is 0 Å². The Morgan fingerprint density at radius 1 is 0.950 bits per heavy atom. The van der Waals surface area contributed by atoms with Crippen molar-refractivity contribution >= 4 is 27.3 Å². The van der Waals surface area contributed by atoms with Gasteiger partial charge in [-0.05, 0) is 11.6 Å². The molecule has 1 atom stereocenters. The van der Waals surface area contributed by atoms with Gasteiger partial charge >= 0.3 is 0 Å². The Morgan fingerprint density at radius 3 is 2.40 bits per heavy atom. The van der Waals surface area contributed by atoms with Crippen LogP contribution in [0.3, 0.4) is 0 Å². The number of hydrogen-bond donors (Lipinski definition) is 1. The molecular formula is C15H12BrN3S. The first-order chi connectivity index (χ1) is 9.75. The van der Waals surface area contributed by atoms with Crippen LogP contribution in [0.2, 0.25) is 0 Å². The van der Waals surface area contributed by atoms with Crippen molar-refractivity contribution in [2.75, 3.05) is 0 Å². The first-order valence-corrected chi connectivity index (χ1v) is 7.75. The summed E-state index contributed by atoms with van der Waals surface area (Å²) in [6.07, 6.45) is 0. The maximum absolute atomic E-state index is 6.24. The Balaban J connectivity index is 1.93. The van der Waals surface area contributed by atoms with E-state index in [1.807, 2.05) is 54.6 Å². The average molecular weight is 346 g/mol. The fraction of sp³-hybridized carbons (Fsp3) is 0.0667. The van der Waals surface area contributed by atoms with Crippen molar-refractivity contribution in [3.05, 3.63) is 69.6 Å². The number of hydrogen-bond acceptors (Lipinski definition) is 4. The van der Waals surface area contributed by atoms with Crippen LogP contribution in [0.5, 0.6) is 0 Å². The molecule has 3 rings (SSSR count). The second kappa shape index (κ2) is 5.83. The van der Waals surface area contributed by atoms with Gasteiger partial charge in [-0.2, -0.15) is 0 Å². The van der Waals surface area contributed by atoms with Crippen molar-refractivity contribution in [3.63, 3.8) is 0 Å². The van der Waals surface area contributed by atoms with Gasteiger partial charge in [0.05, 0.1) is 6.04 Å². The molecule has 0 fully saturated rings. The highest BCUT2D eigenvalue weighted by atomic mass is 79.9. The van der Waals surface area contributed by atoms with E-state index in [2.05, 4.69) is 26.1 Å². The van der Waals surface area contributed by atoms with Crippen molar-refractivity contribution in [1.82, 2.24) is 10.2 Å². The molecule has 1 heterocycles. The van der Waals surface area contributed by atoms with Gasteiger partial charge in [0.2, 0.25) is 0 Å². The summed E-state index contributed by atoms with van der Waals surface area (Å²) in [5, 5.41) is 10.2. The molecule has 0 bridgehead atoms. The molecule has 3 aromatic rings. The lowest BCUT2D eigenvalue weighted by Gasteiger charge is -2.07. The summed E-state index contributed by atoms with van der Waals surface area (Å²) in [6, 6.07) is 17.7. The van der Waals surface area contributed by atoms with Gasteiger partial charge in [-0.3, -0.25) is 0 Å². The second-order valence-corrected chi connectivity index (χ2v) is 6.18. The molecule has 0 aliphatic carbocycles. The van der Waals surface area contributed by atoms with Crippen LogP contribution in [0.25, 0.3) is 10.6 Å². The highest BCUT2D eigenvalue weighted by Crippen LogP contribution is 2.32. The first-order valence-electron chi connectivity index (χ1n) is 6.14. The minimum Gasteiger partial charge on any atom is -0.318 e. The topological polar surface area (TPSA) is 51.8 Å². The molecule has 5 heteroatoms. The number of rotatable bonds is 3. The maximum atomic E-state index is 6.24. The molecule has 0 saturated heterocycles. The summed E-state index contributed by atoms with van der Waals surface area (Å²) in [6.45, 7) is 0. The molecule has 0 amide bonds. The number of benzene rings is 2. The van der Waals surface area contributed by atoms with Gasteiger partial charge in [-0.1, -0.05) is 75.8 Å². The number of nitrogens with two attached hydrogens (primary N) is 1. The highest BCUT2D eigenvalue weighted by Gasteiger charge is 2.16. The Hall–Kier alpha value is -1.56. The largest absolute Gasteiger partial charge is 0.318 e. The average Bonchev–Trinajstić information content (AvgIpc) is 2.97. The molecule has 0 aliphatic heterocycles. The zero-order valence-electron chi connectivity index (χ0n) is 10.5. The number of halogens is 1. The van der Waals surface area contributed by atoms with E-state index in [9.17, 15) is 0 Å². The van der Waals surface area contributed by atoms with Crippen LogP contribution in [0.15, 0.2) is 59.1 Å². The van der Waals surface area contributed by atoms with Gasteiger partial charge < -0.3 is 5.73 Å². The van der Waals surface area contributed by atoms with Crippen LogP contribution in [0, 0.1) is 0 Å². The molecule has 1 aromatic heterocycles. The molecule has 3 nitrogen and oxygen atoms in total. The van der Waals surface area contributed by atoms with Gasteiger partial charge in [0, 0.05) is 10.0 Å². The molecule has 20 heavy (non-hydrogen) atoms. The standard InChI is InChI=1S/C15H12BrN3S/c16-12-9-5-4-8-11(12)14-18-19-15(20-14)13(17)10-6-2-1-3-7-10/h1-9,13H,17H2. The summed E-state index contributed by atoms with van der Waals surface area (Å²) >= 11 is 5.06. The lowest BCUT2D eigenvalue weighted by molar-refractivity contribution is 0.831. The molecular weight excluding hydrogens is 334 g/mol. The predicted octanol–water partition coefficient (Wildman–Crippen LogP) is 4.02. The minimum atomic E-state index is -0.232. The van der Waals surface area contributed by atoms with E-state index in [0.29, 0.717) is 0 Å². The molecule has 2 N–H and O–H groups in total. The summed E-state index contributed by atoms with van der Waals surface area (Å²) in [7, 11) is 0. The van der Waals surface area contributed by atoms with Crippen LogP contribution < -0.4 is 5.73 Å². The van der Waals surface area contributed by atoms with Crippen LogP contribution in [0.4, 0.5) is 0 Å². The SMILES string of the molecule is NC(c1ccccc1)c1nnc(-c2ccccc2Br)s1. The van der Waals surface area contributed by atoms with Crippen LogP contribution in [0.1, 0.15) is 16.6 Å². The van der Waals surface area contributed by atoms with E-state index in [-0.39, 0.29) is 6.04 Å². The van der Waals surface area contributed by atoms with Crippen molar-refractivity contribution in [3.8, 4) is 10.6 Å². The van der Waals surface area contributed by atoms with E-state index < -0.39 is 0 Å².